The molecule has 1 unspecified atom stereocenters. The number of benzene rings is 2. The topological polar surface area (TPSA) is 161 Å². The first kappa shape index (κ1) is 22.2. The van der Waals surface area contributed by atoms with Gasteiger partial charge in [0.2, 0.25) is 11.0 Å². The van der Waals surface area contributed by atoms with Crippen LogP contribution in [0, 0.1) is 20.2 Å². The molecule has 4 rings (SSSR count). The molecule has 2 amide bonds. The summed E-state index contributed by atoms with van der Waals surface area (Å²) in [5.41, 5.74) is -0.729. The van der Waals surface area contributed by atoms with E-state index in [1.807, 2.05) is 0 Å². The largest absolute Gasteiger partial charge is 0.312 e. The lowest BCUT2D eigenvalue weighted by atomic mass is 10.1. The van der Waals surface area contributed by atoms with Crippen molar-refractivity contribution >= 4 is 56.9 Å². The van der Waals surface area contributed by atoms with Crippen LogP contribution >= 0.6 is 22.9 Å². The fourth-order valence-electron chi connectivity index (χ4n) is 3.30. The van der Waals surface area contributed by atoms with Gasteiger partial charge in [0, 0.05) is 41.7 Å². The van der Waals surface area contributed by atoms with E-state index in [0.29, 0.717) is 22.3 Å². The van der Waals surface area contributed by atoms with E-state index in [2.05, 4.69) is 15.5 Å². The maximum Gasteiger partial charge on any atom is 0.277 e. The van der Waals surface area contributed by atoms with Crippen LogP contribution in [0.1, 0.15) is 27.7 Å². The van der Waals surface area contributed by atoms with E-state index in [9.17, 15) is 29.8 Å². The summed E-state index contributed by atoms with van der Waals surface area (Å²) in [6.45, 7) is 0.375. The first-order valence-electron chi connectivity index (χ1n) is 9.36. The highest BCUT2D eigenvalue weighted by molar-refractivity contribution is 7.15. The maximum absolute atomic E-state index is 12.5. The lowest BCUT2D eigenvalue weighted by Gasteiger charge is -2.16. The van der Waals surface area contributed by atoms with Crippen molar-refractivity contribution in [2.24, 2.45) is 0 Å². The van der Waals surface area contributed by atoms with Gasteiger partial charge in [-0.2, -0.15) is 0 Å². The SMILES string of the molecule is O=C(Nc1nnc(C2CC(=O)N(c3ccc(Cl)cc3)C2)s1)c1cc([N+](=O)[O-])cc([N+](=O)[O-])c1. The van der Waals surface area contributed by atoms with Crippen molar-refractivity contribution in [2.75, 3.05) is 16.8 Å². The van der Waals surface area contributed by atoms with Crippen molar-refractivity contribution in [3.63, 3.8) is 0 Å². The quantitative estimate of drug-likeness (QED) is 0.404. The molecule has 0 bridgehead atoms. The third-order valence-corrected chi connectivity index (χ3v) is 6.11. The number of hydrogen-bond donors (Lipinski definition) is 1. The lowest BCUT2D eigenvalue weighted by molar-refractivity contribution is -0.394. The summed E-state index contributed by atoms with van der Waals surface area (Å²) in [4.78, 5) is 47.0. The van der Waals surface area contributed by atoms with Gasteiger partial charge in [-0.15, -0.1) is 10.2 Å². The Labute approximate surface area is 194 Å². The minimum absolute atomic E-state index is 0.0907. The molecule has 14 heteroatoms. The number of carbonyl (C=O) groups is 2. The smallest absolute Gasteiger partial charge is 0.277 e. The van der Waals surface area contributed by atoms with E-state index in [0.717, 1.165) is 29.5 Å². The number of halogens is 1. The average molecular weight is 489 g/mol. The number of aromatic nitrogens is 2. The zero-order valence-corrected chi connectivity index (χ0v) is 18.1. The van der Waals surface area contributed by atoms with Gasteiger partial charge in [-0.05, 0) is 24.3 Å². The number of rotatable bonds is 6. The lowest BCUT2D eigenvalue weighted by Crippen LogP contribution is -2.24. The number of hydrogen-bond acceptors (Lipinski definition) is 9. The van der Waals surface area contributed by atoms with Crippen molar-refractivity contribution in [3.8, 4) is 0 Å². The fourth-order valence-corrected chi connectivity index (χ4v) is 4.26. The van der Waals surface area contributed by atoms with Crippen LogP contribution in [0.5, 0.6) is 0 Å². The first-order chi connectivity index (χ1) is 15.7. The Morgan fingerprint density at radius 3 is 2.33 bits per heavy atom. The van der Waals surface area contributed by atoms with Crippen LogP contribution in [0.3, 0.4) is 0 Å². The minimum Gasteiger partial charge on any atom is -0.312 e. The molecular formula is C19H13ClN6O6S. The summed E-state index contributed by atoms with van der Waals surface area (Å²) < 4.78 is 0. The Kier molecular flexibility index (Phi) is 5.98. The number of nitro groups is 2. The Morgan fingerprint density at radius 1 is 1.09 bits per heavy atom. The van der Waals surface area contributed by atoms with Crippen LogP contribution in [0.4, 0.5) is 22.2 Å². The van der Waals surface area contributed by atoms with E-state index in [4.69, 9.17) is 11.6 Å². The minimum atomic E-state index is -0.823. The molecule has 1 N–H and O–H groups in total. The van der Waals surface area contributed by atoms with Crippen LogP contribution in [0.2, 0.25) is 5.02 Å². The predicted molar refractivity (Wildman–Crippen MR) is 119 cm³/mol. The van der Waals surface area contributed by atoms with Gasteiger partial charge < -0.3 is 4.90 Å². The van der Waals surface area contributed by atoms with Gasteiger partial charge in [-0.1, -0.05) is 22.9 Å². The van der Waals surface area contributed by atoms with Gasteiger partial charge in [-0.25, -0.2) is 0 Å². The molecule has 168 valence electrons. The van der Waals surface area contributed by atoms with Gasteiger partial charge in [-0.3, -0.25) is 35.1 Å². The molecule has 2 heterocycles. The number of anilines is 2. The normalized spacial score (nSPS) is 15.5. The summed E-state index contributed by atoms with van der Waals surface area (Å²) in [7, 11) is 0. The van der Waals surface area contributed by atoms with Crippen molar-refractivity contribution in [2.45, 2.75) is 12.3 Å². The van der Waals surface area contributed by atoms with Gasteiger partial charge in [0.25, 0.3) is 17.3 Å². The molecule has 1 fully saturated rings. The van der Waals surface area contributed by atoms with Crippen molar-refractivity contribution < 1.29 is 19.4 Å². The molecular weight excluding hydrogens is 476 g/mol. The second kappa shape index (κ2) is 8.88. The molecule has 33 heavy (non-hydrogen) atoms. The summed E-state index contributed by atoms with van der Waals surface area (Å²) >= 11 is 6.95. The van der Waals surface area contributed by atoms with Crippen LogP contribution in [0.25, 0.3) is 0 Å². The van der Waals surface area contributed by atoms with Gasteiger partial charge in [0.1, 0.15) is 5.01 Å². The van der Waals surface area contributed by atoms with Crippen LogP contribution in [0.15, 0.2) is 42.5 Å². The summed E-state index contributed by atoms with van der Waals surface area (Å²) in [5.74, 6) is -1.14. The number of non-ortho nitro benzene ring substituents is 2. The molecule has 0 radical (unpaired) electrons. The molecule has 1 atom stereocenters. The Bertz CT molecular complexity index is 1250. The van der Waals surface area contributed by atoms with E-state index in [1.165, 1.54) is 0 Å². The van der Waals surface area contributed by atoms with Crippen molar-refractivity contribution in [1.29, 1.82) is 0 Å². The summed E-state index contributed by atoms with van der Waals surface area (Å²) in [6.07, 6.45) is 0.211. The number of carbonyl (C=O) groups excluding carboxylic acids is 2. The maximum atomic E-state index is 12.5. The highest BCUT2D eigenvalue weighted by Gasteiger charge is 2.34. The third-order valence-electron chi connectivity index (χ3n) is 4.86. The van der Waals surface area contributed by atoms with E-state index in [1.54, 1.807) is 29.2 Å². The summed E-state index contributed by atoms with van der Waals surface area (Å²) in [5, 5.41) is 33.6. The zero-order valence-electron chi connectivity index (χ0n) is 16.5. The second-order valence-electron chi connectivity index (χ2n) is 7.03. The molecule has 12 nitrogen and oxygen atoms in total. The molecule has 1 aliphatic heterocycles. The molecule has 2 aromatic carbocycles. The van der Waals surface area contributed by atoms with E-state index >= 15 is 0 Å². The molecule has 3 aromatic rings. The molecule has 0 spiro atoms. The Morgan fingerprint density at radius 2 is 1.73 bits per heavy atom. The van der Waals surface area contributed by atoms with Gasteiger partial charge in [0.15, 0.2) is 0 Å². The standard InChI is InChI=1S/C19H13ClN6O6S/c20-12-1-3-13(4-2-12)24-9-11(7-16(24)27)18-22-23-19(33-18)21-17(28)10-5-14(25(29)30)8-15(6-10)26(31)32/h1-6,8,11H,7,9H2,(H,21,23,28). The molecule has 1 aliphatic rings. The Hall–Kier alpha value is -3.97. The number of nitro benzene ring substituents is 2. The second-order valence-corrected chi connectivity index (χ2v) is 8.48. The van der Waals surface area contributed by atoms with Crippen molar-refractivity contribution in [1.82, 2.24) is 10.2 Å². The van der Waals surface area contributed by atoms with E-state index in [-0.39, 0.29) is 28.9 Å². The van der Waals surface area contributed by atoms with E-state index < -0.39 is 27.1 Å². The third kappa shape index (κ3) is 4.78. The zero-order chi connectivity index (χ0) is 23.7. The van der Waals surface area contributed by atoms with Gasteiger partial charge in [0.05, 0.1) is 21.5 Å². The number of amides is 2. The van der Waals surface area contributed by atoms with Gasteiger partial charge >= 0.3 is 0 Å². The number of nitrogens with zero attached hydrogens (tertiary/aromatic N) is 5. The Balaban J connectivity index is 1.49. The molecule has 1 saturated heterocycles. The highest BCUT2D eigenvalue weighted by Crippen LogP contribution is 2.35. The highest BCUT2D eigenvalue weighted by atomic mass is 35.5. The average Bonchev–Trinajstić information content (AvgIpc) is 3.40. The molecule has 1 aromatic heterocycles. The van der Waals surface area contributed by atoms with Crippen LogP contribution in [-0.4, -0.2) is 38.4 Å². The molecule has 0 aliphatic carbocycles. The molecule has 0 saturated carbocycles. The number of nitrogens with one attached hydrogen (secondary N) is 1. The van der Waals surface area contributed by atoms with Crippen molar-refractivity contribution in [3.05, 3.63) is 78.3 Å². The van der Waals surface area contributed by atoms with Crippen LogP contribution in [-0.2, 0) is 4.79 Å². The first-order valence-corrected chi connectivity index (χ1v) is 10.6. The predicted octanol–water partition coefficient (Wildman–Crippen LogP) is 3.78. The van der Waals surface area contributed by atoms with Crippen LogP contribution < -0.4 is 10.2 Å². The fraction of sp³-hybridized carbons (Fsp3) is 0.158. The summed E-state index contributed by atoms with van der Waals surface area (Å²) in [6, 6.07) is 9.50. The monoisotopic (exact) mass is 488 g/mol.